The van der Waals surface area contributed by atoms with Gasteiger partial charge in [0.2, 0.25) is 0 Å². The van der Waals surface area contributed by atoms with Crippen molar-refractivity contribution < 1.29 is 26.0 Å². The summed E-state index contributed by atoms with van der Waals surface area (Å²) >= 11 is 0. The molecule has 1 heterocycles. The van der Waals surface area contributed by atoms with E-state index in [1.54, 1.807) is 18.2 Å². The molecule has 0 saturated carbocycles. The number of alkyl halides is 3. The zero-order valence-corrected chi connectivity index (χ0v) is 19.0. The van der Waals surface area contributed by atoms with E-state index in [0.717, 1.165) is 0 Å². The molecule has 0 unspecified atom stereocenters. The third-order valence-electron chi connectivity index (χ3n) is 4.38. The maximum Gasteiger partial charge on any atom is 0.511 e. The van der Waals surface area contributed by atoms with Crippen molar-refractivity contribution in [2.24, 2.45) is 4.99 Å². The lowest BCUT2D eigenvalue weighted by Crippen LogP contribution is -2.51. The summed E-state index contributed by atoms with van der Waals surface area (Å²) in [6, 6.07) is 6.21. The Labute approximate surface area is 185 Å². The second kappa shape index (κ2) is 11.3. The van der Waals surface area contributed by atoms with Crippen molar-refractivity contribution in [3.63, 3.8) is 0 Å². The molecule has 1 fully saturated rings. The van der Waals surface area contributed by atoms with Crippen LogP contribution in [0.5, 0.6) is 0 Å². The number of nitrogens with one attached hydrogen (secondary N) is 2. The van der Waals surface area contributed by atoms with Gasteiger partial charge in [0.25, 0.3) is 0 Å². The predicted molar refractivity (Wildman–Crippen MR) is 114 cm³/mol. The first kappa shape index (κ1) is 25.9. The molecule has 1 saturated heterocycles. The number of halogens is 5. The maximum absolute atomic E-state index is 13.6. The molecular formula is C17H25F4IN4O2S. The molecule has 0 bridgehead atoms. The number of guanidine groups is 1. The Balaban J connectivity index is 0.00000420. The predicted octanol–water partition coefficient (Wildman–Crippen LogP) is 2.86. The largest absolute Gasteiger partial charge is 0.511 e. The third-order valence-corrected chi connectivity index (χ3v) is 6.01. The Kier molecular flexibility index (Phi) is 10.1. The molecular weight excluding hydrogens is 527 g/mol. The summed E-state index contributed by atoms with van der Waals surface area (Å²) < 4.78 is 74.9. The summed E-state index contributed by atoms with van der Waals surface area (Å²) in [5.74, 6) is 0.171. The Morgan fingerprint density at radius 1 is 1.24 bits per heavy atom. The van der Waals surface area contributed by atoms with E-state index < -0.39 is 15.5 Å². The Morgan fingerprint density at radius 3 is 2.41 bits per heavy atom. The molecule has 0 radical (unpaired) electrons. The second-order valence-electron chi connectivity index (χ2n) is 6.37. The van der Waals surface area contributed by atoms with E-state index in [-0.39, 0.29) is 61.8 Å². The second-order valence-corrected chi connectivity index (χ2v) is 8.30. The van der Waals surface area contributed by atoms with Crippen molar-refractivity contribution >= 4 is 40.0 Å². The zero-order chi connectivity index (χ0) is 20.8. The van der Waals surface area contributed by atoms with E-state index in [4.69, 9.17) is 0 Å². The summed E-state index contributed by atoms with van der Waals surface area (Å²) in [7, 11) is -5.29. The van der Waals surface area contributed by atoms with E-state index in [1.807, 2.05) is 6.92 Å². The van der Waals surface area contributed by atoms with Crippen molar-refractivity contribution in [3.05, 3.63) is 35.6 Å². The van der Waals surface area contributed by atoms with Crippen LogP contribution in [0.4, 0.5) is 17.6 Å². The fraction of sp³-hybridized carbons (Fsp3) is 0.588. The highest BCUT2D eigenvalue weighted by Crippen LogP contribution is 2.28. The van der Waals surface area contributed by atoms with Crippen molar-refractivity contribution in [1.82, 2.24) is 14.9 Å². The number of piperidine rings is 1. The average molecular weight is 552 g/mol. The standard InChI is InChI=1S/C17H24F4N4O2S.HI/c1-2-22-16(23-10-7-13-5-3-4-6-15(13)18)24-14-8-11-25(12-9-14)28(26,27)17(19,20)21;/h3-6,14H,2,7-12H2,1H3,(H2,22,23,24);1H. The first-order valence-electron chi connectivity index (χ1n) is 8.99. The smallest absolute Gasteiger partial charge is 0.357 e. The molecule has 0 aromatic heterocycles. The van der Waals surface area contributed by atoms with Gasteiger partial charge in [0, 0.05) is 32.2 Å². The molecule has 2 rings (SSSR count). The molecule has 0 aliphatic carbocycles. The number of hydrogen-bond acceptors (Lipinski definition) is 3. The molecule has 1 aliphatic heterocycles. The third kappa shape index (κ3) is 7.24. The monoisotopic (exact) mass is 552 g/mol. The van der Waals surface area contributed by atoms with Crippen LogP contribution in [0.25, 0.3) is 0 Å². The zero-order valence-electron chi connectivity index (χ0n) is 15.9. The van der Waals surface area contributed by atoms with Gasteiger partial charge in [-0.3, -0.25) is 4.99 Å². The lowest BCUT2D eigenvalue weighted by atomic mass is 10.1. The first-order valence-corrected chi connectivity index (χ1v) is 10.4. The van der Waals surface area contributed by atoms with E-state index in [9.17, 15) is 26.0 Å². The highest BCUT2D eigenvalue weighted by atomic mass is 127. The maximum atomic E-state index is 13.6. The SMILES string of the molecule is CCNC(=NCCc1ccccc1F)NC1CCN(S(=O)(=O)C(F)(F)F)CC1.I. The van der Waals surface area contributed by atoms with E-state index in [1.165, 1.54) is 6.07 Å². The van der Waals surface area contributed by atoms with Crippen molar-refractivity contribution in [3.8, 4) is 0 Å². The van der Waals surface area contributed by atoms with Gasteiger partial charge in [0.15, 0.2) is 5.96 Å². The van der Waals surface area contributed by atoms with Gasteiger partial charge in [0.05, 0.1) is 0 Å². The van der Waals surface area contributed by atoms with Crippen LogP contribution in [0, 0.1) is 5.82 Å². The number of hydrogen-bond donors (Lipinski definition) is 2. The summed E-state index contributed by atoms with van der Waals surface area (Å²) in [6.45, 7) is 2.35. The number of sulfonamides is 1. The average Bonchev–Trinajstić information content (AvgIpc) is 2.63. The van der Waals surface area contributed by atoms with Gasteiger partial charge >= 0.3 is 15.5 Å². The van der Waals surface area contributed by atoms with Gasteiger partial charge in [-0.05, 0) is 37.8 Å². The Hall–Kier alpha value is -1.15. The lowest BCUT2D eigenvalue weighted by Gasteiger charge is -2.32. The molecule has 29 heavy (non-hydrogen) atoms. The van der Waals surface area contributed by atoms with Crippen LogP contribution in [0.1, 0.15) is 25.3 Å². The molecule has 1 aromatic carbocycles. The van der Waals surface area contributed by atoms with E-state index in [0.29, 0.717) is 35.3 Å². The van der Waals surface area contributed by atoms with Gasteiger partial charge in [-0.1, -0.05) is 18.2 Å². The quantitative estimate of drug-likeness (QED) is 0.247. The normalized spacial score (nSPS) is 16.9. The van der Waals surface area contributed by atoms with Gasteiger partial charge in [-0.25, -0.2) is 12.8 Å². The van der Waals surface area contributed by atoms with Gasteiger partial charge in [-0.15, -0.1) is 24.0 Å². The fourth-order valence-corrected chi connectivity index (χ4v) is 3.87. The van der Waals surface area contributed by atoms with Crippen LogP contribution in [0.3, 0.4) is 0 Å². The summed E-state index contributed by atoms with van der Waals surface area (Å²) in [6.07, 6.45) is 0.867. The van der Waals surface area contributed by atoms with Crippen molar-refractivity contribution in [2.45, 2.75) is 37.7 Å². The Morgan fingerprint density at radius 2 is 1.86 bits per heavy atom. The van der Waals surface area contributed by atoms with Crippen LogP contribution in [0.2, 0.25) is 0 Å². The van der Waals surface area contributed by atoms with Crippen LogP contribution in [-0.4, -0.2) is 56.4 Å². The molecule has 0 amide bonds. The van der Waals surface area contributed by atoms with E-state index in [2.05, 4.69) is 15.6 Å². The van der Waals surface area contributed by atoms with Crippen LogP contribution < -0.4 is 10.6 Å². The molecule has 1 aromatic rings. The van der Waals surface area contributed by atoms with Crippen molar-refractivity contribution in [1.29, 1.82) is 0 Å². The number of benzene rings is 1. The van der Waals surface area contributed by atoms with Crippen LogP contribution in [0.15, 0.2) is 29.3 Å². The minimum atomic E-state index is -5.29. The fourth-order valence-electron chi connectivity index (χ4n) is 2.89. The molecule has 6 nitrogen and oxygen atoms in total. The van der Waals surface area contributed by atoms with E-state index >= 15 is 0 Å². The highest BCUT2D eigenvalue weighted by molar-refractivity contribution is 14.0. The molecule has 0 atom stereocenters. The van der Waals surface area contributed by atoms with Crippen LogP contribution >= 0.6 is 24.0 Å². The van der Waals surface area contributed by atoms with Crippen LogP contribution in [-0.2, 0) is 16.4 Å². The highest BCUT2D eigenvalue weighted by Gasteiger charge is 2.50. The number of aliphatic imine (C=N–C) groups is 1. The number of rotatable bonds is 6. The van der Waals surface area contributed by atoms with Gasteiger partial charge in [-0.2, -0.15) is 17.5 Å². The minimum absolute atomic E-state index is 0. The first-order chi connectivity index (χ1) is 13.1. The van der Waals surface area contributed by atoms with Gasteiger partial charge in [0.1, 0.15) is 5.82 Å². The van der Waals surface area contributed by atoms with Gasteiger partial charge < -0.3 is 10.6 Å². The molecule has 2 N–H and O–H groups in total. The number of nitrogens with zero attached hydrogens (tertiary/aromatic N) is 2. The molecule has 166 valence electrons. The summed E-state index contributed by atoms with van der Waals surface area (Å²) in [4.78, 5) is 4.37. The Bertz CT molecular complexity index is 782. The molecule has 1 aliphatic rings. The van der Waals surface area contributed by atoms with Crippen molar-refractivity contribution in [2.75, 3.05) is 26.2 Å². The summed E-state index contributed by atoms with van der Waals surface area (Å²) in [5, 5.41) is 6.14. The topological polar surface area (TPSA) is 73.8 Å². The lowest BCUT2D eigenvalue weighted by molar-refractivity contribution is -0.0494. The minimum Gasteiger partial charge on any atom is -0.357 e. The molecule has 0 spiro atoms. The summed E-state index contributed by atoms with van der Waals surface area (Å²) in [5.41, 5.74) is -4.73. The molecule has 12 heteroatoms.